The van der Waals surface area contributed by atoms with Gasteiger partial charge in [0.1, 0.15) is 0 Å². The summed E-state index contributed by atoms with van der Waals surface area (Å²) in [5.74, 6) is 0.247. The quantitative estimate of drug-likeness (QED) is 0.821. The predicted octanol–water partition coefficient (Wildman–Crippen LogP) is 2.13. The molecule has 17 heavy (non-hydrogen) atoms. The van der Waals surface area contributed by atoms with Crippen LogP contribution >= 0.6 is 0 Å². The van der Waals surface area contributed by atoms with Crippen LogP contribution in [0.2, 0.25) is 0 Å². The summed E-state index contributed by atoms with van der Waals surface area (Å²) in [7, 11) is 0. The maximum Gasteiger partial charge on any atom is 0.251 e. The number of benzene rings is 1. The minimum Gasteiger partial charge on any atom is -0.396 e. The van der Waals surface area contributed by atoms with Crippen molar-refractivity contribution in [3.05, 3.63) is 35.4 Å². The minimum atomic E-state index is -0.0687. The molecule has 0 aromatic heterocycles. The highest BCUT2D eigenvalue weighted by Crippen LogP contribution is 2.09. The zero-order chi connectivity index (χ0) is 12.8. The standard InChI is InChI=1S/C14H21NO2/c1-10(2)13(7-8-16)15-14(17)12-6-4-5-11(3)9-12/h4-6,9-10,13,16H,7-8H2,1-3H3,(H,15,17). The van der Waals surface area contributed by atoms with Crippen molar-refractivity contribution in [2.75, 3.05) is 6.61 Å². The molecule has 0 bridgehead atoms. The van der Waals surface area contributed by atoms with Crippen LogP contribution in [-0.2, 0) is 0 Å². The van der Waals surface area contributed by atoms with E-state index in [2.05, 4.69) is 5.32 Å². The maximum absolute atomic E-state index is 12.0. The molecule has 0 fully saturated rings. The Hall–Kier alpha value is -1.35. The highest BCUT2D eigenvalue weighted by Gasteiger charge is 2.16. The zero-order valence-electron chi connectivity index (χ0n) is 10.7. The summed E-state index contributed by atoms with van der Waals surface area (Å²) in [6.45, 7) is 6.13. The first-order valence-electron chi connectivity index (χ1n) is 6.03. The van der Waals surface area contributed by atoms with Crippen molar-refractivity contribution in [3.63, 3.8) is 0 Å². The number of nitrogens with one attached hydrogen (secondary N) is 1. The summed E-state index contributed by atoms with van der Waals surface area (Å²) in [6.07, 6.45) is 0.592. The highest BCUT2D eigenvalue weighted by atomic mass is 16.3. The molecule has 1 aromatic carbocycles. The van der Waals surface area contributed by atoms with Gasteiger partial charge in [0.05, 0.1) is 0 Å². The Morgan fingerprint density at radius 3 is 2.65 bits per heavy atom. The Morgan fingerprint density at radius 1 is 1.41 bits per heavy atom. The van der Waals surface area contributed by atoms with Gasteiger partial charge in [-0.05, 0) is 31.4 Å². The van der Waals surface area contributed by atoms with Crippen LogP contribution in [0.15, 0.2) is 24.3 Å². The summed E-state index contributed by atoms with van der Waals surface area (Å²) in [5.41, 5.74) is 1.74. The molecular weight excluding hydrogens is 214 g/mol. The molecule has 0 aliphatic carbocycles. The third-order valence-corrected chi connectivity index (χ3v) is 2.84. The van der Waals surface area contributed by atoms with Crippen LogP contribution in [0.25, 0.3) is 0 Å². The van der Waals surface area contributed by atoms with Crippen LogP contribution in [-0.4, -0.2) is 23.7 Å². The van der Waals surface area contributed by atoms with Crippen LogP contribution in [0.1, 0.15) is 36.2 Å². The Balaban J connectivity index is 2.70. The number of amides is 1. The van der Waals surface area contributed by atoms with Gasteiger partial charge in [-0.3, -0.25) is 4.79 Å². The van der Waals surface area contributed by atoms with E-state index in [1.165, 1.54) is 0 Å². The second kappa shape index (κ2) is 6.40. The van der Waals surface area contributed by atoms with Gasteiger partial charge in [0.15, 0.2) is 0 Å². The molecule has 0 aliphatic heterocycles. The van der Waals surface area contributed by atoms with Gasteiger partial charge in [-0.2, -0.15) is 0 Å². The topological polar surface area (TPSA) is 49.3 Å². The smallest absolute Gasteiger partial charge is 0.251 e. The molecule has 0 saturated carbocycles. The SMILES string of the molecule is Cc1cccc(C(=O)NC(CCO)C(C)C)c1. The molecule has 0 saturated heterocycles. The summed E-state index contributed by atoms with van der Waals surface area (Å²) in [6, 6.07) is 7.53. The van der Waals surface area contributed by atoms with Gasteiger partial charge in [-0.15, -0.1) is 0 Å². The second-order valence-electron chi connectivity index (χ2n) is 4.71. The van der Waals surface area contributed by atoms with E-state index in [4.69, 9.17) is 5.11 Å². The van der Waals surface area contributed by atoms with Crippen LogP contribution in [0.3, 0.4) is 0 Å². The van der Waals surface area contributed by atoms with E-state index in [9.17, 15) is 4.79 Å². The molecule has 94 valence electrons. The summed E-state index contributed by atoms with van der Waals surface area (Å²) < 4.78 is 0. The van der Waals surface area contributed by atoms with E-state index >= 15 is 0 Å². The number of rotatable bonds is 5. The molecule has 0 aliphatic rings. The molecule has 1 atom stereocenters. The lowest BCUT2D eigenvalue weighted by atomic mass is 10.0. The molecule has 3 heteroatoms. The van der Waals surface area contributed by atoms with E-state index in [0.29, 0.717) is 17.9 Å². The molecule has 0 spiro atoms. The second-order valence-corrected chi connectivity index (χ2v) is 4.71. The van der Waals surface area contributed by atoms with Crippen LogP contribution in [0.4, 0.5) is 0 Å². The van der Waals surface area contributed by atoms with Gasteiger partial charge < -0.3 is 10.4 Å². The lowest BCUT2D eigenvalue weighted by Gasteiger charge is -2.21. The Labute approximate surface area is 103 Å². The van der Waals surface area contributed by atoms with E-state index in [1.807, 2.05) is 39.0 Å². The van der Waals surface area contributed by atoms with Crippen molar-refractivity contribution in [2.45, 2.75) is 33.2 Å². The first kappa shape index (κ1) is 13.7. The van der Waals surface area contributed by atoms with Crippen LogP contribution in [0, 0.1) is 12.8 Å². The fourth-order valence-corrected chi connectivity index (χ4v) is 1.75. The molecule has 1 aromatic rings. The Bertz CT molecular complexity index is 374. The van der Waals surface area contributed by atoms with Crippen molar-refractivity contribution in [3.8, 4) is 0 Å². The first-order valence-corrected chi connectivity index (χ1v) is 6.03. The van der Waals surface area contributed by atoms with Crippen LogP contribution < -0.4 is 5.32 Å². The van der Waals surface area contributed by atoms with Gasteiger partial charge in [0.2, 0.25) is 0 Å². The fraction of sp³-hybridized carbons (Fsp3) is 0.500. The monoisotopic (exact) mass is 235 g/mol. The summed E-state index contributed by atoms with van der Waals surface area (Å²) in [4.78, 5) is 12.0. The van der Waals surface area contributed by atoms with Crippen molar-refractivity contribution in [1.29, 1.82) is 0 Å². The van der Waals surface area contributed by atoms with Crippen molar-refractivity contribution < 1.29 is 9.90 Å². The van der Waals surface area contributed by atoms with Crippen molar-refractivity contribution in [2.24, 2.45) is 5.92 Å². The minimum absolute atomic E-state index is 0.0213. The molecule has 1 amide bonds. The zero-order valence-corrected chi connectivity index (χ0v) is 10.7. The average Bonchev–Trinajstić information content (AvgIpc) is 2.28. The molecule has 3 nitrogen and oxygen atoms in total. The third-order valence-electron chi connectivity index (χ3n) is 2.84. The number of aliphatic hydroxyl groups is 1. The van der Waals surface area contributed by atoms with Gasteiger partial charge >= 0.3 is 0 Å². The molecular formula is C14H21NO2. The highest BCUT2D eigenvalue weighted by molar-refractivity contribution is 5.94. The molecule has 1 unspecified atom stereocenters. The van der Waals surface area contributed by atoms with Gasteiger partial charge in [-0.25, -0.2) is 0 Å². The Kier molecular flexibility index (Phi) is 5.16. The normalized spacial score (nSPS) is 12.5. The van der Waals surface area contributed by atoms with Crippen LogP contribution in [0.5, 0.6) is 0 Å². The van der Waals surface area contributed by atoms with Gasteiger partial charge in [-0.1, -0.05) is 31.5 Å². The summed E-state index contributed by atoms with van der Waals surface area (Å²) >= 11 is 0. The summed E-state index contributed by atoms with van der Waals surface area (Å²) in [5, 5.41) is 11.9. The largest absolute Gasteiger partial charge is 0.396 e. The number of aliphatic hydroxyl groups excluding tert-OH is 1. The van der Waals surface area contributed by atoms with E-state index in [1.54, 1.807) is 6.07 Å². The van der Waals surface area contributed by atoms with Gasteiger partial charge in [0, 0.05) is 18.2 Å². The molecule has 2 N–H and O–H groups in total. The average molecular weight is 235 g/mol. The lowest BCUT2D eigenvalue weighted by Crippen LogP contribution is -2.39. The van der Waals surface area contributed by atoms with Crippen molar-refractivity contribution in [1.82, 2.24) is 5.32 Å². The molecule has 0 heterocycles. The number of hydrogen-bond acceptors (Lipinski definition) is 2. The fourth-order valence-electron chi connectivity index (χ4n) is 1.75. The number of carbonyl (C=O) groups excluding carboxylic acids is 1. The molecule has 0 radical (unpaired) electrons. The molecule has 1 rings (SSSR count). The van der Waals surface area contributed by atoms with E-state index < -0.39 is 0 Å². The Morgan fingerprint density at radius 2 is 2.12 bits per heavy atom. The van der Waals surface area contributed by atoms with Crippen molar-refractivity contribution >= 4 is 5.91 Å². The maximum atomic E-state index is 12.0. The van der Waals surface area contributed by atoms with E-state index in [-0.39, 0.29) is 18.6 Å². The number of carbonyl (C=O) groups is 1. The number of hydrogen-bond donors (Lipinski definition) is 2. The third kappa shape index (κ3) is 4.19. The lowest BCUT2D eigenvalue weighted by molar-refractivity contribution is 0.0916. The van der Waals surface area contributed by atoms with E-state index in [0.717, 1.165) is 5.56 Å². The first-order chi connectivity index (χ1) is 8.04. The number of aryl methyl sites for hydroxylation is 1. The van der Waals surface area contributed by atoms with Gasteiger partial charge in [0.25, 0.3) is 5.91 Å². The predicted molar refractivity (Wildman–Crippen MR) is 69.0 cm³/mol.